The molecule has 1 aromatic rings. The molecule has 0 saturated carbocycles. The van der Waals surface area contributed by atoms with E-state index in [-0.39, 0.29) is 16.8 Å². The van der Waals surface area contributed by atoms with Crippen LogP contribution < -0.4 is 5.32 Å². The first kappa shape index (κ1) is 20.4. The van der Waals surface area contributed by atoms with E-state index in [0.29, 0.717) is 38.6 Å². The second kappa shape index (κ2) is 8.62. The second-order valence-electron chi connectivity index (χ2n) is 6.71. The number of amides is 1. The number of rotatable bonds is 6. The molecular weight excluding hydrogens is 406 g/mol. The largest absolute Gasteiger partial charge is 0.354 e. The van der Waals surface area contributed by atoms with E-state index < -0.39 is 10.0 Å². The lowest BCUT2D eigenvalue weighted by Gasteiger charge is -2.36. The van der Waals surface area contributed by atoms with Crippen molar-refractivity contribution in [3.05, 3.63) is 28.7 Å². The van der Waals surface area contributed by atoms with Crippen LogP contribution in [-0.4, -0.2) is 62.3 Å². The molecule has 1 unspecified atom stereocenters. The third-order valence-corrected chi connectivity index (χ3v) is 6.71. The molecule has 1 aromatic carbocycles. The lowest BCUT2D eigenvalue weighted by atomic mass is 10.2. The Hall–Kier alpha value is -0.960. The predicted octanol–water partition coefficient (Wildman–Crippen LogP) is 1.92. The van der Waals surface area contributed by atoms with Gasteiger partial charge in [0.2, 0.25) is 15.9 Å². The van der Waals surface area contributed by atoms with Gasteiger partial charge in [-0.2, -0.15) is 4.31 Å². The normalized spacial score (nSPS) is 18.3. The van der Waals surface area contributed by atoms with E-state index in [4.69, 9.17) is 0 Å². The molecule has 140 valence electrons. The van der Waals surface area contributed by atoms with Crippen molar-refractivity contribution in [2.24, 2.45) is 5.92 Å². The Balaban J connectivity index is 1.96. The van der Waals surface area contributed by atoms with Gasteiger partial charge in [0, 0.05) is 37.2 Å². The Morgan fingerprint density at radius 3 is 2.40 bits per heavy atom. The summed E-state index contributed by atoms with van der Waals surface area (Å²) in [6, 6.07) is 6.48. The van der Waals surface area contributed by atoms with Crippen LogP contribution in [0.15, 0.2) is 33.6 Å². The summed E-state index contributed by atoms with van der Waals surface area (Å²) in [7, 11) is -3.50. The van der Waals surface area contributed by atoms with Gasteiger partial charge >= 0.3 is 0 Å². The average Bonchev–Trinajstić information content (AvgIpc) is 2.59. The molecule has 0 aliphatic carbocycles. The lowest BCUT2D eigenvalue weighted by molar-refractivity contribution is -0.126. The Bertz CT molecular complexity index is 701. The van der Waals surface area contributed by atoms with Crippen LogP contribution in [0.1, 0.15) is 20.8 Å². The van der Waals surface area contributed by atoms with Crippen molar-refractivity contribution in [3.63, 3.8) is 0 Å². The highest BCUT2D eigenvalue weighted by atomic mass is 79.9. The van der Waals surface area contributed by atoms with Gasteiger partial charge in [-0.3, -0.25) is 9.69 Å². The zero-order chi connectivity index (χ0) is 18.6. The van der Waals surface area contributed by atoms with Gasteiger partial charge < -0.3 is 5.32 Å². The van der Waals surface area contributed by atoms with Gasteiger partial charge in [0.1, 0.15) is 0 Å². The molecule has 8 heteroatoms. The quantitative estimate of drug-likeness (QED) is 0.746. The number of nitrogens with one attached hydrogen (secondary N) is 1. The maximum Gasteiger partial charge on any atom is 0.243 e. The number of nitrogens with zero attached hydrogens (tertiary/aromatic N) is 2. The van der Waals surface area contributed by atoms with Gasteiger partial charge in [0.25, 0.3) is 0 Å². The number of hydrogen-bond acceptors (Lipinski definition) is 4. The standard InChI is InChI=1S/C17H26BrN3O3S/c1-13(2)12-19-17(22)14(3)20-7-9-21(10-8-20)25(23,24)16-6-4-5-15(18)11-16/h4-6,11,13-14H,7-10,12H2,1-3H3,(H,19,22). The predicted molar refractivity (Wildman–Crippen MR) is 102 cm³/mol. The van der Waals surface area contributed by atoms with E-state index >= 15 is 0 Å². The first-order chi connectivity index (χ1) is 11.7. The molecule has 1 atom stereocenters. The van der Waals surface area contributed by atoms with Crippen molar-refractivity contribution in [1.29, 1.82) is 0 Å². The zero-order valence-corrected chi connectivity index (χ0v) is 17.3. The fraction of sp³-hybridized carbons (Fsp3) is 0.588. The van der Waals surface area contributed by atoms with Crippen molar-refractivity contribution in [3.8, 4) is 0 Å². The summed E-state index contributed by atoms with van der Waals surface area (Å²) in [6.45, 7) is 8.49. The summed E-state index contributed by atoms with van der Waals surface area (Å²) in [5.74, 6) is 0.403. The molecule has 1 heterocycles. The van der Waals surface area contributed by atoms with Crippen molar-refractivity contribution in [2.75, 3.05) is 32.7 Å². The number of piperazine rings is 1. The minimum atomic E-state index is -3.50. The minimum Gasteiger partial charge on any atom is -0.354 e. The number of carbonyl (C=O) groups is 1. The molecule has 1 aliphatic rings. The van der Waals surface area contributed by atoms with Crippen LogP contribution in [0, 0.1) is 5.92 Å². The molecule has 1 fully saturated rings. The molecule has 0 bridgehead atoms. The summed E-state index contributed by atoms with van der Waals surface area (Å²) in [4.78, 5) is 14.5. The molecule has 0 radical (unpaired) electrons. The number of carbonyl (C=O) groups excluding carboxylic acids is 1. The smallest absolute Gasteiger partial charge is 0.243 e. The first-order valence-electron chi connectivity index (χ1n) is 8.49. The van der Waals surface area contributed by atoms with E-state index in [1.54, 1.807) is 24.3 Å². The highest BCUT2D eigenvalue weighted by Gasteiger charge is 2.31. The summed E-state index contributed by atoms with van der Waals surface area (Å²) in [5, 5.41) is 2.94. The molecule has 25 heavy (non-hydrogen) atoms. The highest BCUT2D eigenvalue weighted by Crippen LogP contribution is 2.21. The Labute approximate surface area is 158 Å². The molecule has 0 aromatic heterocycles. The maximum atomic E-state index is 12.7. The minimum absolute atomic E-state index is 0.00278. The van der Waals surface area contributed by atoms with Crippen LogP contribution in [0.2, 0.25) is 0 Å². The summed E-state index contributed by atoms with van der Waals surface area (Å²) in [6.07, 6.45) is 0. The maximum absolute atomic E-state index is 12.7. The Kier molecular flexibility index (Phi) is 7.01. The molecule has 0 spiro atoms. The monoisotopic (exact) mass is 431 g/mol. The SMILES string of the molecule is CC(C)CNC(=O)C(C)N1CCN(S(=O)(=O)c2cccc(Br)c2)CC1. The van der Waals surface area contributed by atoms with E-state index in [9.17, 15) is 13.2 Å². The van der Waals surface area contributed by atoms with E-state index in [2.05, 4.69) is 35.1 Å². The molecule has 1 saturated heterocycles. The van der Waals surface area contributed by atoms with Gasteiger partial charge in [-0.05, 0) is 31.0 Å². The fourth-order valence-corrected chi connectivity index (χ4v) is 4.75. The van der Waals surface area contributed by atoms with Crippen LogP contribution in [0.3, 0.4) is 0 Å². The third-order valence-electron chi connectivity index (χ3n) is 4.32. The van der Waals surface area contributed by atoms with Crippen molar-refractivity contribution >= 4 is 31.9 Å². The lowest BCUT2D eigenvalue weighted by Crippen LogP contribution is -2.55. The number of benzene rings is 1. The van der Waals surface area contributed by atoms with Crippen LogP contribution in [0.5, 0.6) is 0 Å². The van der Waals surface area contributed by atoms with Crippen molar-refractivity contribution in [2.45, 2.75) is 31.7 Å². The fourth-order valence-electron chi connectivity index (χ4n) is 2.73. The van der Waals surface area contributed by atoms with Gasteiger partial charge in [-0.1, -0.05) is 35.8 Å². The highest BCUT2D eigenvalue weighted by molar-refractivity contribution is 9.10. The van der Waals surface area contributed by atoms with E-state index in [1.807, 2.05) is 11.8 Å². The topological polar surface area (TPSA) is 69.7 Å². The zero-order valence-electron chi connectivity index (χ0n) is 14.9. The summed E-state index contributed by atoms with van der Waals surface area (Å²) < 4.78 is 27.7. The summed E-state index contributed by atoms with van der Waals surface area (Å²) >= 11 is 3.31. The van der Waals surface area contributed by atoms with Crippen LogP contribution in [0.25, 0.3) is 0 Å². The van der Waals surface area contributed by atoms with E-state index in [1.165, 1.54) is 4.31 Å². The van der Waals surface area contributed by atoms with Gasteiger partial charge in [0.15, 0.2) is 0 Å². The molecule has 6 nitrogen and oxygen atoms in total. The van der Waals surface area contributed by atoms with Gasteiger partial charge in [0.05, 0.1) is 10.9 Å². The van der Waals surface area contributed by atoms with Crippen LogP contribution in [-0.2, 0) is 14.8 Å². The second-order valence-corrected chi connectivity index (χ2v) is 9.57. The number of halogens is 1. The third kappa shape index (κ3) is 5.26. The molecule has 2 rings (SSSR count). The number of hydrogen-bond donors (Lipinski definition) is 1. The van der Waals surface area contributed by atoms with Crippen molar-refractivity contribution in [1.82, 2.24) is 14.5 Å². The van der Waals surface area contributed by atoms with Gasteiger partial charge in [-0.15, -0.1) is 0 Å². The summed E-state index contributed by atoms with van der Waals surface area (Å²) in [5.41, 5.74) is 0. The van der Waals surface area contributed by atoms with Crippen LogP contribution in [0.4, 0.5) is 0 Å². The first-order valence-corrected chi connectivity index (χ1v) is 10.7. The van der Waals surface area contributed by atoms with E-state index in [0.717, 1.165) is 4.47 Å². The molecule has 1 aliphatic heterocycles. The Morgan fingerprint density at radius 1 is 1.20 bits per heavy atom. The number of sulfonamides is 1. The molecular formula is C17H26BrN3O3S. The van der Waals surface area contributed by atoms with Crippen molar-refractivity contribution < 1.29 is 13.2 Å². The molecule has 1 N–H and O–H groups in total. The Morgan fingerprint density at radius 2 is 1.84 bits per heavy atom. The van der Waals surface area contributed by atoms with Crippen LogP contribution >= 0.6 is 15.9 Å². The van der Waals surface area contributed by atoms with Gasteiger partial charge in [-0.25, -0.2) is 8.42 Å². The average molecular weight is 432 g/mol. The molecule has 1 amide bonds.